The van der Waals surface area contributed by atoms with Crippen LogP contribution in [0, 0.1) is 0 Å². The molecule has 146 valence electrons. The molecule has 6 nitrogen and oxygen atoms in total. The summed E-state index contributed by atoms with van der Waals surface area (Å²) in [6.07, 6.45) is 6.96. The summed E-state index contributed by atoms with van der Waals surface area (Å²) in [4.78, 5) is 14.0. The molecule has 1 saturated heterocycles. The normalized spacial score (nSPS) is 16.0. The van der Waals surface area contributed by atoms with Gasteiger partial charge in [-0.15, -0.1) is 0 Å². The predicted octanol–water partition coefficient (Wildman–Crippen LogP) is 2.47. The van der Waals surface area contributed by atoms with Gasteiger partial charge in [0, 0.05) is 45.5 Å². The molecule has 0 saturated carbocycles. The van der Waals surface area contributed by atoms with E-state index in [1.165, 1.54) is 31.2 Å². The first kappa shape index (κ1) is 20.5. The van der Waals surface area contributed by atoms with Gasteiger partial charge in [-0.3, -0.25) is 0 Å². The van der Waals surface area contributed by atoms with E-state index in [0.717, 1.165) is 51.0 Å². The first-order chi connectivity index (χ1) is 12.7. The fourth-order valence-corrected chi connectivity index (χ4v) is 3.04. The van der Waals surface area contributed by atoms with Crippen LogP contribution in [-0.4, -0.2) is 62.2 Å². The van der Waals surface area contributed by atoms with Crippen molar-refractivity contribution in [2.24, 2.45) is 4.99 Å². The maximum Gasteiger partial charge on any atom is 0.191 e. The molecular weight excluding hydrogens is 324 g/mol. The van der Waals surface area contributed by atoms with Crippen molar-refractivity contribution in [3.8, 4) is 0 Å². The van der Waals surface area contributed by atoms with Crippen LogP contribution in [0.15, 0.2) is 23.3 Å². The molecule has 1 fully saturated rings. The van der Waals surface area contributed by atoms with Crippen LogP contribution in [-0.2, 0) is 6.54 Å². The van der Waals surface area contributed by atoms with E-state index in [9.17, 15) is 0 Å². The number of anilines is 1. The lowest BCUT2D eigenvalue weighted by molar-refractivity contribution is 0.312. The van der Waals surface area contributed by atoms with E-state index in [1.807, 2.05) is 6.20 Å². The van der Waals surface area contributed by atoms with Gasteiger partial charge in [0.25, 0.3) is 0 Å². The third-order valence-electron chi connectivity index (χ3n) is 4.72. The summed E-state index contributed by atoms with van der Waals surface area (Å²) in [5, 5.41) is 6.77. The van der Waals surface area contributed by atoms with Gasteiger partial charge in [-0.2, -0.15) is 0 Å². The number of rotatable bonds is 9. The van der Waals surface area contributed by atoms with Crippen LogP contribution < -0.4 is 15.5 Å². The van der Waals surface area contributed by atoms with E-state index in [0.29, 0.717) is 6.54 Å². The van der Waals surface area contributed by atoms with Crippen LogP contribution in [0.4, 0.5) is 5.82 Å². The number of hydrogen-bond acceptors (Lipinski definition) is 4. The molecule has 1 aliphatic rings. The minimum atomic E-state index is 0.674. The van der Waals surface area contributed by atoms with Gasteiger partial charge in [-0.05, 0) is 38.1 Å². The van der Waals surface area contributed by atoms with E-state index >= 15 is 0 Å². The van der Waals surface area contributed by atoms with Crippen molar-refractivity contribution >= 4 is 11.8 Å². The Morgan fingerprint density at radius 3 is 2.65 bits per heavy atom. The molecule has 0 radical (unpaired) electrons. The molecule has 0 spiro atoms. The number of pyridine rings is 1. The number of nitrogens with zero attached hydrogens (tertiary/aromatic N) is 4. The third kappa shape index (κ3) is 7.20. The summed E-state index contributed by atoms with van der Waals surface area (Å²) in [6, 6.07) is 4.24. The summed E-state index contributed by atoms with van der Waals surface area (Å²) < 4.78 is 0. The average Bonchev–Trinajstić information content (AvgIpc) is 2.66. The monoisotopic (exact) mass is 360 g/mol. The summed E-state index contributed by atoms with van der Waals surface area (Å²) >= 11 is 0. The number of likely N-dealkylation sites (N-methyl/N-ethyl adjacent to an activating group) is 1. The zero-order valence-electron chi connectivity index (χ0n) is 16.8. The van der Waals surface area contributed by atoms with Crippen molar-refractivity contribution in [1.82, 2.24) is 20.5 Å². The summed E-state index contributed by atoms with van der Waals surface area (Å²) in [5.41, 5.74) is 1.21. The van der Waals surface area contributed by atoms with Crippen molar-refractivity contribution in [3.63, 3.8) is 0 Å². The van der Waals surface area contributed by atoms with Crippen LogP contribution in [0.2, 0.25) is 0 Å². The quantitative estimate of drug-likeness (QED) is 0.402. The van der Waals surface area contributed by atoms with Crippen LogP contribution in [0.3, 0.4) is 0 Å². The van der Waals surface area contributed by atoms with Crippen LogP contribution in [0.5, 0.6) is 0 Å². The van der Waals surface area contributed by atoms with Gasteiger partial charge in [-0.25, -0.2) is 9.98 Å². The highest BCUT2D eigenvalue weighted by atomic mass is 15.3. The van der Waals surface area contributed by atoms with E-state index in [2.05, 4.69) is 58.4 Å². The molecule has 0 bridgehead atoms. The standard InChI is InChI=1S/C20H36N6/c1-4-6-7-8-10-23-20(21-5-2)24-17-18-9-11-22-19(16-18)26-14-12-25(3)13-15-26/h9,11,16H,4-8,10,12-15,17H2,1-3H3,(H2,21,23,24). The lowest BCUT2D eigenvalue weighted by Crippen LogP contribution is -2.44. The van der Waals surface area contributed by atoms with Crippen LogP contribution in [0.1, 0.15) is 45.1 Å². The number of hydrogen-bond donors (Lipinski definition) is 2. The van der Waals surface area contributed by atoms with Gasteiger partial charge in [0.1, 0.15) is 5.82 Å². The van der Waals surface area contributed by atoms with Gasteiger partial charge in [0.2, 0.25) is 0 Å². The molecule has 6 heteroatoms. The number of aromatic nitrogens is 1. The number of nitrogens with one attached hydrogen (secondary N) is 2. The Morgan fingerprint density at radius 2 is 1.92 bits per heavy atom. The Morgan fingerprint density at radius 1 is 1.12 bits per heavy atom. The number of piperazine rings is 1. The van der Waals surface area contributed by atoms with E-state index < -0.39 is 0 Å². The maximum absolute atomic E-state index is 4.74. The highest BCUT2D eigenvalue weighted by molar-refractivity contribution is 5.79. The molecule has 0 unspecified atom stereocenters. The SMILES string of the molecule is CCCCCCNC(=NCc1ccnc(N2CCN(C)CC2)c1)NCC. The zero-order valence-corrected chi connectivity index (χ0v) is 16.8. The number of unbranched alkanes of at least 4 members (excludes halogenated alkanes) is 3. The second-order valence-corrected chi connectivity index (χ2v) is 7.00. The van der Waals surface area contributed by atoms with Crippen molar-refractivity contribution in [3.05, 3.63) is 23.9 Å². The molecule has 2 N–H and O–H groups in total. The molecule has 1 aliphatic heterocycles. The largest absolute Gasteiger partial charge is 0.357 e. The van der Waals surface area contributed by atoms with Gasteiger partial charge >= 0.3 is 0 Å². The first-order valence-electron chi connectivity index (χ1n) is 10.1. The molecule has 2 rings (SSSR count). The van der Waals surface area contributed by atoms with Crippen molar-refractivity contribution in [2.75, 3.05) is 51.2 Å². The Hall–Kier alpha value is -1.82. The second kappa shape index (κ2) is 11.7. The Balaban J connectivity index is 1.88. The molecular formula is C20H36N6. The summed E-state index contributed by atoms with van der Waals surface area (Å²) in [7, 11) is 2.17. The van der Waals surface area contributed by atoms with Crippen molar-refractivity contribution in [2.45, 2.75) is 46.1 Å². The summed E-state index contributed by atoms with van der Waals surface area (Å²) in [5.74, 6) is 1.98. The van der Waals surface area contributed by atoms with E-state index in [1.54, 1.807) is 0 Å². The van der Waals surface area contributed by atoms with E-state index in [4.69, 9.17) is 4.99 Å². The highest BCUT2D eigenvalue weighted by Gasteiger charge is 2.15. The van der Waals surface area contributed by atoms with Gasteiger partial charge in [0.05, 0.1) is 6.54 Å². The molecule has 0 aliphatic carbocycles. The predicted molar refractivity (Wildman–Crippen MR) is 111 cm³/mol. The molecule has 26 heavy (non-hydrogen) atoms. The van der Waals surface area contributed by atoms with Crippen molar-refractivity contribution < 1.29 is 0 Å². The van der Waals surface area contributed by atoms with E-state index in [-0.39, 0.29) is 0 Å². The van der Waals surface area contributed by atoms with Gasteiger partial charge in [-0.1, -0.05) is 26.2 Å². The topological polar surface area (TPSA) is 55.8 Å². The zero-order chi connectivity index (χ0) is 18.6. The minimum absolute atomic E-state index is 0.674. The molecule has 1 aromatic heterocycles. The second-order valence-electron chi connectivity index (χ2n) is 7.00. The fourth-order valence-electron chi connectivity index (χ4n) is 3.04. The van der Waals surface area contributed by atoms with Crippen LogP contribution >= 0.6 is 0 Å². The number of aliphatic imine (C=N–C) groups is 1. The average molecular weight is 361 g/mol. The first-order valence-corrected chi connectivity index (χ1v) is 10.1. The molecule has 0 amide bonds. The molecule has 1 aromatic rings. The molecule has 0 atom stereocenters. The fraction of sp³-hybridized carbons (Fsp3) is 0.700. The Bertz CT molecular complexity index is 537. The lowest BCUT2D eigenvalue weighted by Gasteiger charge is -2.33. The highest BCUT2D eigenvalue weighted by Crippen LogP contribution is 2.15. The van der Waals surface area contributed by atoms with Crippen LogP contribution in [0.25, 0.3) is 0 Å². The summed E-state index contributed by atoms with van der Waals surface area (Å²) in [6.45, 7) is 11.1. The molecule has 2 heterocycles. The smallest absolute Gasteiger partial charge is 0.191 e. The van der Waals surface area contributed by atoms with Gasteiger partial charge < -0.3 is 20.4 Å². The Labute approximate surface area is 159 Å². The minimum Gasteiger partial charge on any atom is -0.357 e. The Kier molecular flexibility index (Phi) is 9.24. The lowest BCUT2D eigenvalue weighted by atomic mass is 10.2. The van der Waals surface area contributed by atoms with Gasteiger partial charge in [0.15, 0.2) is 5.96 Å². The third-order valence-corrected chi connectivity index (χ3v) is 4.72. The molecule has 0 aromatic carbocycles. The van der Waals surface area contributed by atoms with Crippen molar-refractivity contribution in [1.29, 1.82) is 0 Å². The number of guanidine groups is 1. The maximum atomic E-state index is 4.74.